The minimum atomic E-state index is 0.677. The summed E-state index contributed by atoms with van der Waals surface area (Å²) >= 11 is 0. The van der Waals surface area contributed by atoms with Crippen LogP contribution in [0.4, 0.5) is 0 Å². The lowest BCUT2D eigenvalue weighted by atomic mass is 10.1. The van der Waals surface area contributed by atoms with Gasteiger partial charge >= 0.3 is 0 Å². The van der Waals surface area contributed by atoms with E-state index in [2.05, 4.69) is 25.5 Å². The molecule has 0 N–H and O–H groups in total. The van der Waals surface area contributed by atoms with Crippen LogP contribution in [0.5, 0.6) is 0 Å². The molecule has 6 heteroatoms. The standard InChI is InChI=1S/C13H8N6/c1-2-9-3-4-10-5-6-11(19-8-15-17-18-19)16-13(10)12(9)14-7-1/h1-8H. The summed E-state index contributed by atoms with van der Waals surface area (Å²) < 4.78 is 1.53. The highest BCUT2D eigenvalue weighted by atomic mass is 15.5. The molecule has 0 aliphatic heterocycles. The highest BCUT2D eigenvalue weighted by Crippen LogP contribution is 2.22. The topological polar surface area (TPSA) is 69.4 Å². The molecule has 0 saturated carbocycles. The van der Waals surface area contributed by atoms with Gasteiger partial charge in [0, 0.05) is 17.0 Å². The molecule has 4 rings (SSSR count). The molecule has 0 spiro atoms. The molecular weight excluding hydrogens is 240 g/mol. The normalized spacial score (nSPS) is 11.2. The summed E-state index contributed by atoms with van der Waals surface area (Å²) in [5, 5.41) is 13.2. The molecule has 4 aromatic rings. The van der Waals surface area contributed by atoms with Gasteiger partial charge in [-0.3, -0.25) is 4.98 Å². The summed E-state index contributed by atoms with van der Waals surface area (Å²) in [5.74, 6) is 0.677. The molecule has 90 valence electrons. The van der Waals surface area contributed by atoms with Gasteiger partial charge in [0.15, 0.2) is 5.82 Å². The minimum Gasteiger partial charge on any atom is -0.254 e. The molecule has 1 aromatic carbocycles. The van der Waals surface area contributed by atoms with E-state index in [1.807, 2.05) is 36.4 Å². The second kappa shape index (κ2) is 3.81. The smallest absolute Gasteiger partial charge is 0.157 e. The van der Waals surface area contributed by atoms with Gasteiger partial charge in [0.05, 0.1) is 11.0 Å². The largest absolute Gasteiger partial charge is 0.254 e. The molecule has 0 aliphatic carbocycles. The van der Waals surface area contributed by atoms with Crippen molar-refractivity contribution in [2.24, 2.45) is 0 Å². The summed E-state index contributed by atoms with van der Waals surface area (Å²) in [6, 6.07) is 11.9. The Hall–Kier alpha value is -2.89. The molecular formula is C13H8N6. The first-order valence-corrected chi connectivity index (χ1v) is 5.80. The summed E-state index contributed by atoms with van der Waals surface area (Å²) in [6.07, 6.45) is 3.29. The number of hydrogen-bond acceptors (Lipinski definition) is 5. The summed E-state index contributed by atoms with van der Waals surface area (Å²) in [6.45, 7) is 0. The Morgan fingerprint density at radius 1 is 0.895 bits per heavy atom. The third-order valence-electron chi connectivity index (χ3n) is 3.00. The average Bonchev–Trinajstić information content (AvgIpc) is 3.01. The highest BCUT2D eigenvalue weighted by Gasteiger charge is 2.06. The molecule has 0 aliphatic rings. The molecule has 19 heavy (non-hydrogen) atoms. The van der Waals surface area contributed by atoms with Crippen molar-refractivity contribution in [2.75, 3.05) is 0 Å². The lowest BCUT2D eigenvalue weighted by Crippen LogP contribution is -1.99. The number of aromatic nitrogens is 6. The Morgan fingerprint density at radius 2 is 1.74 bits per heavy atom. The molecule has 3 aromatic heterocycles. The van der Waals surface area contributed by atoms with E-state index < -0.39 is 0 Å². The van der Waals surface area contributed by atoms with E-state index in [-0.39, 0.29) is 0 Å². The zero-order valence-corrected chi connectivity index (χ0v) is 9.80. The summed E-state index contributed by atoms with van der Waals surface area (Å²) in [5.41, 5.74) is 1.74. The van der Waals surface area contributed by atoms with Crippen LogP contribution < -0.4 is 0 Å². The van der Waals surface area contributed by atoms with Gasteiger partial charge in [-0.2, -0.15) is 4.68 Å². The van der Waals surface area contributed by atoms with E-state index in [1.54, 1.807) is 6.20 Å². The summed E-state index contributed by atoms with van der Waals surface area (Å²) in [7, 11) is 0. The molecule has 6 nitrogen and oxygen atoms in total. The van der Waals surface area contributed by atoms with Crippen LogP contribution in [0.25, 0.3) is 27.6 Å². The van der Waals surface area contributed by atoms with E-state index in [0.29, 0.717) is 5.82 Å². The lowest BCUT2D eigenvalue weighted by molar-refractivity contribution is 0.774. The first kappa shape index (κ1) is 10.1. The van der Waals surface area contributed by atoms with Gasteiger partial charge in [-0.05, 0) is 28.6 Å². The Morgan fingerprint density at radius 3 is 2.58 bits per heavy atom. The fraction of sp³-hybridized carbons (Fsp3) is 0. The van der Waals surface area contributed by atoms with Gasteiger partial charge in [-0.15, -0.1) is 5.10 Å². The van der Waals surface area contributed by atoms with Gasteiger partial charge in [0.2, 0.25) is 0 Å². The van der Waals surface area contributed by atoms with Crippen molar-refractivity contribution < 1.29 is 0 Å². The van der Waals surface area contributed by atoms with Crippen molar-refractivity contribution in [3.8, 4) is 5.82 Å². The predicted molar refractivity (Wildman–Crippen MR) is 69.8 cm³/mol. The van der Waals surface area contributed by atoms with Crippen molar-refractivity contribution in [1.82, 2.24) is 30.2 Å². The van der Waals surface area contributed by atoms with Gasteiger partial charge < -0.3 is 0 Å². The Kier molecular flexibility index (Phi) is 2.02. The van der Waals surface area contributed by atoms with Crippen LogP contribution >= 0.6 is 0 Å². The molecule has 0 amide bonds. The molecule has 3 heterocycles. The Balaban J connectivity index is 2.09. The monoisotopic (exact) mass is 248 g/mol. The number of tetrazole rings is 1. The first-order valence-electron chi connectivity index (χ1n) is 5.80. The number of benzene rings is 1. The van der Waals surface area contributed by atoms with Crippen molar-refractivity contribution in [3.05, 3.63) is 48.9 Å². The molecule has 0 bridgehead atoms. The third-order valence-corrected chi connectivity index (χ3v) is 3.00. The van der Waals surface area contributed by atoms with E-state index in [9.17, 15) is 0 Å². The molecule has 0 radical (unpaired) electrons. The molecule has 0 unspecified atom stereocenters. The number of nitrogens with zero attached hydrogens (tertiary/aromatic N) is 6. The van der Waals surface area contributed by atoms with Crippen LogP contribution in [-0.4, -0.2) is 30.2 Å². The van der Waals surface area contributed by atoms with Crippen molar-refractivity contribution >= 4 is 21.8 Å². The maximum absolute atomic E-state index is 4.60. The molecule has 0 fully saturated rings. The SMILES string of the molecule is c1cnc2c(c1)ccc1ccc(-n3cnnn3)nc12. The maximum atomic E-state index is 4.60. The quantitative estimate of drug-likeness (QED) is 0.480. The molecule has 0 atom stereocenters. The lowest BCUT2D eigenvalue weighted by Gasteiger charge is -2.04. The fourth-order valence-corrected chi connectivity index (χ4v) is 2.11. The van der Waals surface area contributed by atoms with Crippen molar-refractivity contribution in [3.63, 3.8) is 0 Å². The number of fused-ring (bicyclic) bond motifs is 3. The number of hydrogen-bond donors (Lipinski definition) is 0. The number of pyridine rings is 2. The van der Waals surface area contributed by atoms with Crippen LogP contribution in [0.1, 0.15) is 0 Å². The second-order valence-electron chi connectivity index (χ2n) is 4.14. The van der Waals surface area contributed by atoms with E-state index in [1.165, 1.54) is 11.0 Å². The van der Waals surface area contributed by atoms with Gasteiger partial charge in [0.1, 0.15) is 6.33 Å². The first-order chi connectivity index (χ1) is 9.42. The van der Waals surface area contributed by atoms with E-state index >= 15 is 0 Å². The van der Waals surface area contributed by atoms with E-state index in [4.69, 9.17) is 0 Å². The zero-order valence-electron chi connectivity index (χ0n) is 9.80. The minimum absolute atomic E-state index is 0.677. The van der Waals surface area contributed by atoms with Gasteiger partial charge in [-0.25, -0.2) is 4.98 Å². The average molecular weight is 248 g/mol. The number of rotatable bonds is 1. The van der Waals surface area contributed by atoms with Crippen LogP contribution in [0.15, 0.2) is 48.9 Å². The van der Waals surface area contributed by atoms with Crippen LogP contribution in [0, 0.1) is 0 Å². The highest BCUT2D eigenvalue weighted by molar-refractivity contribution is 6.02. The Bertz CT molecular complexity index is 869. The van der Waals surface area contributed by atoms with Crippen molar-refractivity contribution in [1.29, 1.82) is 0 Å². The molecule has 0 saturated heterocycles. The third kappa shape index (κ3) is 1.54. The van der Waals surface area contributed by atoms with Crippen LogP contribution in [0.3, 0.4) is 0 Å². The van der Waals surface area contributed by atoms with Crippen LogP contribution in [0.2, 0.25) is 0 Å². The maximum Gasteiger partial charge on any atom is 0.157 e. The van der Waals surface area contributed by atoms with E-state index in [0.717, 1.165) is 21.8 Å². The predicted octanol–water partition coefficient (Wildman–Crippen LogP) is 1.76. The summed E-state index contributed by atoms with van der Waals surface area (Å²) in [4.78, 5) is 9.01. The fourth-order valence-electron chi connectivity index (χ4n) is 2.11. The van der Waals surface area contributed by atoms with Gasteiger partial charge in [-0.1, -0.05) is 18.2 Å². The zero-order chi connectivity index (χ0) is 12.7. The second-order valence-corrected chi connectivity index (χ2v) is 4.14. The van der Waals surface area contributed by atoms with Crippen molar-refractivity contribution in [2.45, 2.75) is 0 Å². The Labute approximate surface area is 107 Å². The van der Waals surface area contributed by atoms with Crippen LogP contribution in [-0.2, 0) is 0 Å². The van der Waals surface area contributed by atoms with Gasteiger partial charge in [0.25, 0.3) is 0 Å².